The zero-order valence-corrected chi connectivity index (χ0v) is 10.8. The van der Waals surface area contributed by atoms with E-state index in [9.17, 15) is 14.3 Å². The van der Waals surface area contributed by atoms with Gasteiger partial charge in [-0.25, -0.2) is 4.39 Å². The number of aliphatic carboxylic acids is 1. The van der Waals surface area contributed by atoms with Gasteiger partial charge in [0.25, 0.3) is 0 Å². The number of phenolic OH excluding ortho intramolecular Hbond substituents is 1. The van der Waals surface area contributed by atoms with Crippen molar-refractivity contribution in [2.75, 3.05) is 13.2 Å². The second-order valence-electron chi connectivity index (χ2n) is 5.19. The molecular weight excluding hydrogens is 267 g/mol. The summed E-state index contributed by atoms with van der Waals surface area (Å²) in [6.07, 6.45) is 1.60. The zero-order valence-electron chi connectivity index (χ0n) is 10.8. The Kier molecular flexibility index (Phi) is 3.16. The van der Waals surface area contributed by atoms with Gasteiger partial charge in [-0.3, -0.25) is 4.79 Å². The lowest BCUT2D eigenvalue weighted by Gasteiger charge is -2.25. The van der Waals surface area contributed by atoms with Crippen LogP contribution in [0.2, 0.25) is 0 Å². The van der Waals surface area contributed by atoms with E-state index in [1.165, 1.54) is 0 Å². The number of ether oxygens (including phenoxy) is 2. The number of carboxylic acids is 1. The maximum absolute atomic E-state index is 13.8. The second-order valence-corrected chi connectivity index (χ2v) is 5.19. The molecule has 5 nitrogen and oxygen atoms in total. The molecule has 1 unspecified atom stereocenters. The van der Waals surface area contributed by atoms with E-state index in [4.69, 9.17) is 14.6 Å². The van der Waals surface area contributed by atoms with Gasteiger partial charge in [0.1, 0.15) is 13.2 Å². The average Bonchev–Trinajstić information content (AvgIpc) is 3.22. The number of fused-ring (bicyclic) bond motifs is 1. The molecule has 1 saturated carbocycles. The maximum atomic E-state index is 13.8. The third kappa shape index (κ3) is 2.26. The van der Waals surface area contributed by atoms with Crippen LogP contribution in [-0.2, 0) is 4.79 Å². The van der Waals surface area contributed by atoms with Gasteiger partial charge in [0.05, 0.1) is 6.42 Å². The number of hydrogen-bond acceptors (Lipinski definition) is 4. The number of carbonyl (C=O) groups is 1. The smallest absolute Gasteiger partial charge is 0.303 e. The van der Waals surface area contributed by atoms with E-state index in [1.807, 2.05) is 0 Å². The molecule has 6 heteroatoms. The van der Waals surface area contributed by atoms with Crippen LogP contribution in [0.3, 0.4) is 0 Å². The van der Waals surface area contributed by atoms with E-state index in [0.29, 0.717) is 13.2 Å². The summed E-state index contributed by atoms with van der Waals surface area (Å²) in [6.45, 7) is 0.610. The topological polar surface area (TPSA) is 76.0 Å². The van der Waals surface area contributed by atoms with Crippen molar-refractivity contribution in [3.05, 3.63) is 17.4 Å². The van der Waals surface area contributed by atoms with Crippen molar-refractivity contribution < 1.29 is 28.9 Å². The molecule has 3 rings (SSSR count). The monoisotopic (exact) mass is 282 g/mol. The SMILES string of the molecule is O=C(O)CC(c1c(O)c(F)cc2c1OCCO2)C1CC1. The quantitative estimate of drug-likeness (QED) is 0.886. The lowest BCUT2D eigenvalue weighted by atomic mass is 9.89. The molecule has 0 aromatic heterocycles. The summed E-state index contributed by atoms with van der Waals surface area (Å²) in [5.74, 6) is -2.08. The van der Waals surface area contributed by atoms with Gasteiger partial charge < -0.3 is 19.7 Å². The molecule has 1 fully saturated rings. The van der Waals surface area contributed by atoms with E-state index in [0.717, 1.165) is 18.9 Å². The van der Waals surface area contributed by atoms with E-state index in [-0.39, 0.29) is 29.4 Å². The van der Waals surface area contributed by atoms with Gasteiger partial charge in [-0.2, -0.15) is 0 Å². The lowest BCUT2D eigenvalue weighted by molar-refractivity contribution is -0.137. The van der Waals surface area contributed by atoms with Crippen LogP contribution >= 0.6 is 0 Å². The highest BCUT2D eigenvalue weighted by atomic mass is 19.1. The fourth-order valence-electron chi connectivity index (χ4n) is 2.70. The highest BCUT2D eigenvalue weighted by Crippen LogP contribution is 2.53. The van der Waals surface area contributed by atoms with Crippen molar-refractivity contribution in [1.82, 2.24) is 0 Å². The van der Waals surface area contributed by atoms with Crippen LogP contribution < -0.4 is 9.47 Å². The van der Waals surface area contributed by atoms with Crippen molar-refractivity contribution >= 4 is 5.97 Å². The third-order valence-electron chi connectivity index (χ3n) is 3.75. The van der Waals surface area contributed by atoms with Crippen molar-refractivity contribution in [2.45, 2.75) is 25.2 Å². The van der Waals surface area contributed by atoms with Crippen LogP contribution in [0.5, 0.6) is 17.2 Å². The summed E-state index contributed by atoms with van der Waals surface area (Å²) >= 11 is 0. The first-order chi connectivity index (χ1) is 9.58. The number of phenols is 1. The molecule has 0 radical (unpaired) electrons. The van der Waals surface area contributed by atoms with Gasteiger partial charge in [-0.05, 0) is 18.8 Å². The molecule has 1 atom stereocenters. The minimum atomic E-state index is -0.976. The first kappa shape index (κ1) is 13.0. The number of rotatable bonds is 4. The molecule has 2 N–H and O–H groups in total. The summed E-state index contributed by atoms with van der Waals surface area (Å²) in [5, 5.41) is 19.0. The fourth-order valence-corrected chi connectivity index (χ4v) is 2.70. The number of hydrogen-bond donors (Lipinski definition) is 2. The number of halogens is 1. The highest BCUT2D eigenvalue weighted by molar-refractivity contribution is 5.69. The van der Waals surface area contributed by atoms with Crippen molar-refractivity contribution in [3.8, 4) is 17.2 Å². The molecule has 2 aliphatic rings. The molecule has 0 amide bonds. The fraction of sp³-hybridized carbons (Fsp3) is 0.500. The molecule has 108 valence electrons. The van der Waals surface area contributed by atoms with Gasteiger partial charge in [-0.1, -0.05) is 0 Å². The van der Waals surface area contributed by atoms with E-state index in [2.05, 4.69) is 0 Å². The molecule has 0 bridgehead atoms. The highest BCUT2D eigenvalue weighted by Gasteiger charge is 2.39. The Hall–Kier alpha value is -1.98. The molecule has 20 heavy (non-hydrogen) atoms. The lowest BCUT2D eigenvalue weighted by Crippen LogP contribution is -2.19. The summed E-state index contributed by atoms with van der Waals surface area (Å²) < 4.78 is 24.6. The summed E-state index contributed by atoms with van der Waals surface area (Å²) in [5.41, 5.74) is 0.240. The van der Waals surface area contributed by atoms with Crippen LogP contribution in [-0.4, -0.2) is 29.4 Å². The molecule has 1 heterocycles. The Balaban J connectivity index is 2.09. The van der Waals surface area contributed by atoms with Crippen LogP contribution in [0.1, 0.15) is 30.7 Å². The Labute approximate surface area is 114 Å². The van der Waals surface area contributed by atoms with Gasteiger partial charge in [0.15, 0.2) is 23.1 Å². The van der Waals surface area contributed by atoms with Gasteiger partial charge in [0.2, 0.25) is 0 Å². The Bertz CT molecular complexity index is 553. The van der Waals surface area contributed by atoms with Crippen LogP contribution in [0.25, 0.3) is 0 Å². The number of aromatic hydroxyl groups is 1. The van der Waals surface area contributed by atoms with Crippen LogP contribution in [0.4, 0.5) is 4.39 Å². The standard InChI is InChI=1S/C14H15FO5/c15-9-6-10-14(20-4-3-19-10)12(13(9)18)8(5-11(16)17)7-1-2-7/h6-8,18H,1-5H2,(H,16,17). The largest absolute Gasteiger partial charge is 0.505 e. The first-order valence-electron chi connectivity index (χ1n) is 6.60. The van der Waals surface area contributed by atoms with Gasteiger partial charge in [-0.15, -0.1) is 0 Å². The van der Waals surface area contributed by atoms with Crippen molar-refractivity contribution in [3.63, 3.8) is 0 Å². The maximum Gasteiger partial charge on any atom is 0.303 e. The van der Waals surface area contributed by atoms with Crippen LogP contribution in [0.15, 0.2) is 6.07 Å². The van der Waals surface area contributed by atoms with Gasteiger partial charge >= 0.3 is 5.97 Å². The Morgan fingerprint density at radius 2 is 2.10 bits per heavy atom. The normalized spacial score (nSPS) is 18.6. The molecule has 0 saturated heterocycles. The van der Waals surface area contributed by atoms with Crippen molar-refractivity contribution in [2.24, 2.45) is 5.92 Å². The molecule has 0 spiro atoms. The Morgan fingerprint density at radius 1 is 1.40 bits per heavy atom. The molecule has 1 aromatic carbocycles. The molecule has 1 aliphatic carbocycles. The third-order valence-corrected chi connectivity index (χ3v) is 3.75. The summed E-state index contributed by atoms with van der Waals surface area (Å²) in [7, 11) is 0. The number of carboxylic acid groups (broad SMARTS) is 1. The zero-order chi connectivity index (χ0) is 14.3. The molecular formula is C14H15FO5. The van der Waals surface area contributed by atoms with E-state index in [1.54, 1.807) is 0 Å². The van der Waals surface area contributed by atoms with E-state index >= 15 is 0 Å². The second kappa shape index (κ2) is 4.85. The first-order valence-corrected chi connectivity index (χ1v) is 6.60. The van der Waals surface area contributed by atoms with Crippen LogP contribution in [0, 0.1) is 11.7 Å². The predicted octanol–water partition coefficient (Wildman–Crippen LogP) is 2.27. The van der Waals surface area contributed by atoms with Gasteiger partial charge in [0, 0.05) is 17.5 Å². The minimum Gasteiger partial charge on any atom is -0.505 e. The minimum absolute atomic E-state index is 0.147. The van der Waals surface area contributed by atoms with Crippen molar-refractivity contribution in [1.29, 1.82) is 0 Å². The molecule has 1 aromatic rings. The summed E-state index contributed by atoms with van der Waals surface area (Å²) in [6, 6.07) is 1.08. The number of benzene rings is 1. The average molecular weight is 282 g/mol. The van der Waals surface area contributed by atoms with E-state index < -0.39 is 23.5 Å². The predicted molar refractivity (Wildman–Crippen MR) is 66.8 cm³/mol. The Morgan fingerprint density at radius 3 is 2.75 bits per heavy atom. The summed E-state index contributed by atoms with van der Waals surface area (Å²) in [4.78, 5) is 11.0. The molecule has 1 aliphatic heterocycles.